The molecular formula is C18H21ClN2O5S. The summed E-state index contributed by atoms with van der Waals surface area (Å²) in [6.45, 7) is 1.49. The van der Waals surface area contributed by atoms with Crippen molar-refractivity contribution >= 4 is 38.9 Å². The second-order valence-corrected chi connectivity index (χ2v) is 8.07. The number of anilines is 2. The molecule has 0 aliphatic rings. The third-order valence-corrected chi connectivity index (χ3v) is 5.29. The van der Waals surface area contributed by atoms with Crippen LogP contribution < -0.4 is 19.1 Å². The van der Waals surface area contributed by atoms with Gasteiger partial charge in [0.2, 0.25) is 15.9 Å². The minimum absolute atomic E-state index is 0.317. The average molecular weight is 413 g/mol. The first-order chi connectivity index (χ1) is 12.7. The van der Waals surface area contributed by atoms with Crippen LogP contribution in [0.4, 0.5) is 11.4 Å². The van der Waals surface area contributed by atoms with Crippen molar-refractivity contribution in [3.8, 4) is 11.5 Å². The Hall–Kier alpha value is -2.45. The lowest BCUT2D eigenvalue weighted by molar-refractivity contribution is -0.116. The maximum Gasteiger partial charge on any atom is 0.248 e. The lowest BCUT2D eigenvalue weighted by atomic mass is 10.2. The number of hydrogen-bond acceptors (Lipinski definition) is 5. The summed E-state index contributed by atoms with van der Waals surface area (Å²) in [5.74, 6) is 0.348. The van der Waals surface area contributed by atoms with Gasteiger partial charge in [0, 0.05) is 11.1 Å². The molecule has 0 radical (unpaired) electrons. The maximum atomic E-state index is 12.8. The molecule has 0 spiro atoms. The molecule has 1 amide bonds. The van der Waals surface area contributed by atoms with Crippen LogP contribution in [0.1, 0.15) is 6.92 Å². The highest BCUT2D eigenvalue weighted by atomic mass is 35.5. The van der Waals surface area contributed by atoms with Gasteiger partial charge in [-0.1, -0.05) is 17.7 Å². The number of benzene rings is 2. The Morgan fingerprint density at radius 2 is 1.85 bits per heavy atom. The molecule has 1 N–H and O–H groups in total. The van der Waals surface area contributed by atoms with Crippen LogP contribution in [-0.2, 0) is 14.8 Å². The molecule has 9 heteroatoms. The van der Waals surface area contributed by atoms with E-state index < -0.39 is 22.0 Å². The number of hydrogen-bond donors (Lipinski definition) is 1. The normalized spacial score (nSPS) is 12.2. The van der Waals surface area contributed by atoms with Crippen molar-refractivity contribution in [2.24, 2.45) is 0 Å². The molecule has 0 saturated heterocycles. The largest absolute Gasteiger partial charge is 0.497 e. The molecule has 7 nitrogen and oxygen atoms in total. The van der Waals surface area contributed by atoms with Crippen molar-refractivity contribution in [1.82, 2.24) is 0 Å². The van der Waals surface area contributed by atoms with Crippen LogP contribution >= 0.6 is 11.6 Å². The Morgan fingerprint density at radius 1 is 1.15 bits per heavy atom. The van der Waals surface area contributed by atoms with E-state index >= 15 is 0 Å². The Morgan fingerprint density at radius 3 is 2.44 bits per heavy atom. The summed E-state index contributed by atoms with van der Waals surface area (Å²) >= 11 is 5.97. The third-order valence-electron chi connectivity index (χ3n) is 3.82. The summed E-state index contributed by atoms with van der Waals surface area (Å²) in [4.78, 5) is 12.8. The number of nitrogens with one attached hydrogen (secondary N) is 1. The molecule has 0 unspecified atom stereocenters. The zero-order valence-corrected chi connectivity index (χ0v) is 17.0. The summed E-state index contributed by atoms with van der Waals surface area (Å²) in [5.41, 5.74) is 0.665. The number of amides is 1. The Bertz CT molecular complexity index is 933. The Labute approximate surface area is 163 Å². The first-order valence-corrected chi connectivity index (χ1v) is 10.2. The van der Waals surface area contributed by atoms with Crippen molar-refractivity contribution < 1.29 is 22.7 Å². The van der Waals surface area contributed by atoms with Crippen molar-refractivity contribution in [2.45, 2.75) is 13.0 Å². The number of rotatable bonds is 7. The van der Waals surface area contributed by atoms with Gasteiger partial charge in [-0.3, -0.25) is 9.10 Å². The smallest absolute Gasteiger partial charge is 0.248 e. The lowest BCUT2D eigenvalue weighted by Crippen LogP contribution is -2.45. The monoisotopic (exact) mass is 412 g/mol. The fraction of sp³-hybridized carbons (Fsp3) is 0.278. The SMILES string of the molecule is COc1cccc(N([C@@H](C)C(=O)Nc2cc(Cl)ccc2OC)S(C)(=O)=O)c1. The van der Waals surface area contributed by atoms with Crippen molar-refractivity contribution in [3.05, 3.63) is 47.5 Å². The predicted molar refractivity (Wildman–Crippen MR) is 106 cm³/mol. The molecule has 0 bridgehead atoms. The Kier molecular flexibility index (Phi) is 6.56. The molecule has 2 rings (SSSR count). The van der Waals surface area contributed by atoms with Crippen molar-refractivity contribution in [3.63, 3.8) is 0 Å². The van der Waals surface area contributed by atoms with Gasteiger partial charge >= 0.3 is 0 Å². The molecular weight excluding hydrogens is 392 g/mol. The highest BCUT2D eigenvalue weighted by Crippen LogP contribution is 2.29. The van der Waals surface area contributed by atoms with Gasteiger partial charge in [0.1, 0.15) is 17.5 Å². The van der Waals surface area contributed by atoms with Crippen molar-refractivity contribution in [2.75, 3.05) is 30.1 Å². The minimum atomic E-state index is -3.74. The first kappa shape index (κ1) is 20.9. The van der Waals surface area contributed by atoms with Crippen molar-refractivity contribution in [1.29, 1.82) is 0 Å². The van der Waals surface area contributed by atoms with Crippen LogP contribution in [0.5, 0.6) is 11.5 Å². The zero-order chi connectivity index (χ0) is 20.2. The van der Waals surface area contributed by atoms with Gasteiger partial charge in [0.05, 0.1) is 31.9 Å². The van der Waals surface area contributed by atoms with E-state index in [0.717, 1.165) is 10.6 Å². The number of carbonyl (C=O) groups excluding carboxylic acids is 1. The molecule has 0 heterocycles. The third kappa shape index (κ3) is 5.05. The summed E-state index contributed by atoms with van der Waals surface area (Å²) in [6.07, 6.45) is 1.04. The molecule has 0 fully saturated rings. The number of carbonyl (C=O) groups is 1. The van der Waals surface area contributed by atoms with Gasteiger partial charge in [-0.2, -0.15) is 0 Å². The second-order valence-electron chi connectivity index (χ2n) is 5.77. The predicted octanol–water partition coefficient (Wildman–Crippen LogP) is 3.15. The average Bonchev–Trinajstić information content (AvgIpc) is 2.61. The van der Waals surface area contributed by atoms with Gasteiger partial charge in [0.25, 0.3) is 0 Å². The molecule has 0 saturated carbocycles. The van der Waals surface area contributed by atoms with Crippen LogP contribution in [0.2, 0.25) is 5.02 Å². The second kappa shape index (κ2) is 8.49. The van der Waals surface area contributed by atoms with E-state index in [2.05, 4.69) is 5.32 Å². The fourth-order valence-corrected chi connectivity index (χ4v) is 3.91. The van der Waals surface area contributed by atoms with E-state index in [1.807, 2.05) is 0 Å². The van der Waals surface area contributed by atoms with E-state index in [4.69, 9.17) is 21.1 Å². The van der Waals surface area contributed by atoms with E-state index in [1.54, 1.807) is 36.4 Å². The summed E-state index contributed by atoms with van der Waals surface area (Å²) in [5, 5.41) is 3.08. The standard InChI is InChI=1S/C18H21ClN2O5S/c1-12(18(22)20-16-10-13(19)8-9-17(16)26-3)21(27(4,23)24)14-6-5-7-15(11-14)25-2/h5-12H,1-4H3,(H,20,22)/t12-/m0/s1. The topological polar surface area (TPSA) is 84.9 Å². The van der Waals surface area contributed by atoms with Crippen LogP contribution in [0.15, 0.2) is 42.5 Å². The highest BCUT2D eigenvalue weighted by Gasteiger charge is 2.30. The maximum absolute atomic E-state index is 12.8. The number of ether oxygens (including phenoxy) is 2. The molecule has 146 valence electrons. The summed E-state index contributed by atoms with van der Waals surface area (Å²) < 4.78 is 36.1. The molecule has 27 heavy (non-hydrogen) atoms. The molecule has 0 aromatic heterocycles. The highest BCUT2D eigenvalue weighted by molar-refractivity contribution is 7.92. The van der Waals surface area contributed by atoms with Gasteiger partial charge < -0.3 is 14.8 Å². The quantitative estimate of drug-likeness (QED) is 0.755. The lowest BCUT2D eigenvalue weighted by Gasteiger charge is -2.28. The number of methoxy groups -OCH3 is 2. The number of nitrogens with zero attached hydrogens (tertiary/aromatic N) is 1. The van der Waals surface area contributed by atoms with Crippen LogP contribution in [-0.4, -0.2) is 40.8 Å². The molecule has 2 aromatic rings. The van der Waals surface area contributed by atoms with Crippen LogP contribution in [0.3, 0.4) is 0 Å². The van der Waals surface area contributed by atoms with E-state index in [-0.39, 0.29) is 0 Å². The summed E-state index contributed by atoms with van der Waals surface area (Å²) in [6, 6.07) is 10.2. The van der Waals surface area contributed by atoms with Gasteiger partial charge in [-0.05, 0) is 37.3 Å². The van der Waals surface area contributed by atoms with Gasteiger partial charge in [-0.25, -0.2) is 8.42 Å². The zero-order valence-electron chi connectivity index (χ0n) is 15.4. The van der Waals surface area contributed by atoms with Gasteiger partial charge in [0.15, 0.2) is 0 Å². The Balaban J connectivity index is 2.37. The first-order valence-electron chi connectivity index (χ1n) is 7.95. The number of halogens is 1. The van der Waals surface area contributed by atoms with Crippen LogP contribution in [0.25, 0.3) is 0 Å². The fourth-order valence-electron chi connectivity index (χ4n) is 2.57. The molecule has 0 aliphatic carbocycles. The van der Waals surface area contributed by atoms with E-state index in [0.29, 0.717) is 27.9 Å². The molecule has 0 aliphatic heterocycles. The summed E-state index contributed by atoms with van der Waals surface area (Å²) in [7, 11) is -0.806. The molecule has 2 aromatic carbocycles. The minimum Gasteiger partial charge on any atom is -0.497 e. The van der Waals surface area contributed by atoms with E-state index in [1.165, 1.54) is 27.2 Å². The number of sulfonamides is 1. The van der Waals surface area contributed by atoms with Gasteiger partial charge in [-0.15, -0.1) is 0 Å². The van der Waals surface area contributed by atoms with E-state index in [9.17, 15) is 13.2 Å². The van der Waals surface area contributed by atoms with Crippen LogP contribution in [0, 0.1) is 0 Å². The molecule has 1 atom stereocenters.